The molecule has 90 valence electrons. The molecule has 0 radical (unpaired) electrons. The largest absolute Gasteiger partial charge is 0.358 e. The quantitative estimate of drug-likeness (QED) is 0.791. The van der Waals surface area contributed by atoms with Crippen molar-refractivity contribution >= 4 is 11.7 Å². The molecule has 1 aromatic heterocycles. The highest BCUT2D eigenvalue weighted by Crippen LogP contribution is 2.08. The van der Waals surface area contributed by atoms with Crippen molar-refractivity contribution in [2.24, 2.45) is 0 Å². The van der Waals surface area contributed by atoms with Gasteiger partial charge in [-0.15, -0.1) is 0 Å². The van der Waals surface area contributed by atoms with E-state index in [9.17, 15) is 4.79 Å². The lowest BCUT2D eigenvalue weighted by Gasteiger charge is -2.21. The Morgan fingerprint density at radius 2 is 2.29 bits per heavy atom. The lowest BCUT2D eigenvalue weighted by molar-refractivity contribution is -0.119. The fraction of sp³-hybridized carbons (Fsp3) is 0.455. The Kier molecular flexibility index (Phi) is 4.88. The molecule has 0 spiro atoms. The van der Waals surface area contributed by atoms with E-state index in [1.54, 1.807) is 7.05 Å². The molecule has 1 rings (SSSR count). The molecule has 0 saturated heterocycles. The van der Waals surface area contributed by atoms with Gasteiger partial charge in [0.15, 0.2) is 5.69 Å². The van der Waals surface area contributed by atoms with Gasteiger partial charge >= 0.3 is 0 Å². The van der Waals surface area contributed by atoms with Crippen LogP contribution in [0.2, 0.25) is 0 Å². The second-order valence-corrected chi connectivity index (χ2v) is 3.47. The SMILES string of the molecule is CCCN(CC(=O)NC)c1cnc(C#N)cn1. The molecule has 1 heterocycles. The van der Waals surface area contributed by atoms with Crippen molar-refractivity contribution in [2.75, 3.05) is 25.0 Å². The number of hydrogen-bond acceptors (Lipinski definition) is 5. The van der Waals surface area contributed by atoms with Crippen molar-refractivity contribution in [1.29, 1.82) is 5.26 Å². The lowest BCUT2D eigenvalue weighted by Crippen LogP contribution is -2.36. The van der Waals surface area contributed by atoms with Gasteiger partial charge in [0.1, 0.15) is 11.9 Å². The van der Waals surface area contributed by atoms with Gasteiger partial charge in [0.05, 0.1) is 18.9 Å². The third-order valence-electron chi connectivity index (χ3n) is 2.18. The number of anilines is 1. The predicted octanol–water partition coefficient (Wildman–Crippen LogP) is 0.311. The highest BCUT2D eigenvalue weighted by atomic mass is 16.1. The van der Waals surface area contributed by atoms with Crippen LogP contribution in [0.3, 0.4) is 0 Å². The van der Waals surface area contributed by atoms with Crippen molar-refractivity contribution in [1.82, 2.24) is 15.3 Å². The summed E-state index contributed by atoms with van der Waals surface area (Å²) in [6.07, 6.45) is 3.82. The topological polar surface area (TPSA) is 81.9 Å². The summed E-state index contributed by atoms with van der Waals surface area (Å²) in [6.45, 7) is 2.98. The molecule has 1 amide bonds. The Labute approximate surface area is 100 Å². The van der Waals surface area contributed by atoms with Gasteiger partial charge in [-0.2, -0.15) is 5.26 Å². The summed E-state index contributed by atoms with van der Waals surface area (Å²) in [5.41, 5.74) is 0.269. The molecule has 1 aromatic rings. The van der Waals surface area contributed by atoms with E-state index in [0.29, 0.717) is 12.4 Å². The Bertz CT molecular complexity index is 409. The summed E-state index contributed by atoms with van der Waals surface area (Å²) in [5, 5.41) is 11.2. The molecule has 6 nitrogen and oxygen atoms in total. The molecule has 0 aliphatic heterocycles. The van der Waals surface area contributed by atoms with Crippen molar-refractivity contribution in [3.63, 3.8) is 0 Å². The Balaban J connectivity index is 2.81. The smallest absolute Gasteiger partial charge is 0.239 e. The molecule has 17 heavy (non-hydrogen) atoms. The van der Waals surface area contributed by atoms with E-state index in [1.807, 2.05) is 17.9 Å². The van der Waals surface area contributed by atoms with E-state index in [-0.39, 0.29) is 18.1 Å². The van der Waals surface area contributed by atoms with E-state index in [4.69, 9.17) is 5.26 Å². The monoisotopic (exact) mass is 233 g/mol. The Morgan fingerprint density at radius 1 is 1.53 bits per heavy atom. The van der Waals surface area contributed by atoms with Crippen LogP contribution in [0.15, 0.2) is 12.4 Å². The molecule has 6 heteroatoms. The minimum atomic E-state index is -0.0791. The number of hydrogen-bond donors (Lipinski definition) is 1. The average molecular weight is 233 g/mol. The third kappa shape index (κ3) is 3.72. The highest BCUT2D eigenvalue weighted by molar-refractivity contribution is 5.80. The number of carbonyl (C=O) groups excluding carboxylic acids is 1. The van der Waals surface area contributed by atoms with Crippen molar-refractivity contribution in [3.8, 4) is 6.07 Å². The summed E-state index contributed by atoms with van der Waals surface area (Å²) < 4.78 is 0. The first-order valence-electron chi connectivity index (χ1n) is 5.39. The Morgan fingerprint density at radius 3 is 2.76 bits per heavy atom. The number of rotatable bonds is 5. The number of likely N-dealkylation sites (N-methyl/N-ethyl adjacent to an activating group) is 1. The number of nitrogens with one attached hydrogen (secondary N) is 1. The summed E-state index contributed by atoms with van der Waals surface area (Å²) in [6, 6.07) is 1.91. The number of nitriles is 1. The molecule has 1 N–H and O–H groups in total. The van der Waals surface area contributed by atoms with E-state index in [1.165, 1.54) is 12.4 Å². The van der Waals surface area contributed by atoms with Crippen LogP contribution in [-0.4, -0.2) is 36.0 Å². The van der Waals surface area contributed by atoms with Gasteiger partial charge in [-0.1, -0.05) is 6.92 Å². The molecule has 0 fully saturated rings. The maximum atomic E-state index is 11.3. The van der Waals surface area contributed by atoms with Gasteiger partial charge in [0.2, 0.25) is 5.91 Å². The van der Waals surface area contributed by atoms with Crippen LogP contribution in [0.5, 0.6) is 0 Å². The third-order valence-corrected chi connectivity index (χ3v) is 2.18. The number of nitrogens with zero attached hydrogens (tertiary/aromatic N) is 4. The highest BCUT2D eigenvalue weighted by Gasteiger charge is 2.11. The Hall–Kier alpha value is -2.16. The first-order valence-corrected chi connectivity index (χ1v) is 5.39. The molecule has 0 aliphatic carbocycles. The summed E-state index contributed by atoms with van der Waals surface area (Å²) in [5.74, 6) is 0.527. The van der Waals surface area contributed by atoms with E-state index in [0.717, 1.165) is 6.42 Å². The zero-order valence-electron chi connectivity index (χ0n) is 9.97. The first kappa shape index (κ1) is 12.9. The molecule has 0 aliphatic rings. The van der Waals surface area contributed by atoms with E-state index >= 15 is 0 Å². The fourth-order valence-corrected chi connectivity index (χ4v) is 1.34. The van der Waals surface area contributed by atoms with Crippen LogP contribution in [-0.2, 0) is 4.79 Å². The minimum absolute atomic E-state index is 0.0791. The second-order valence-electron chi connectivity index (χ2n) is 3.47. The van der Waals surface area contributed by atoms with Crippen molar-refractivity contribution < 1.29 is 4.79 Å². The fourth-order valence-electron chi connectivity index (χ4n) is 1.34. The number of carbonyl (C=O) groups is 1. The van der Waals surface area contributed by atoms with Crippen molar-refractivity contribution in [2.45, 2.75) is 13.3 Å². The standard InChI is InChI=1S/C11H15N5O/c1-3-4-16(8-11(17)13-2)10-7-14-9(5-12)6-15-10/h6-7H,3-4,8H2,1-2H3,(H,13,17). The maximum Gasteiger partial charge on any atom is 0.239 e. The molecule has 0 unspecified atom stereocenters. The van der Waals surface area contributed by atoms with Gasteiger partial charge in [-0.25, -0.2) is 9.97 Å². The average Bonchev–Trinajstić information content (AvgIpc) is 2.38. The lowest BCUT2D eigenvalue weighted by atomic mass is 10.3. The van der Waals surface area contributed by atoms with Crippen molar-refractivity contribution in [3.05, 3.63) is 18.1 Å². The molecule has 0 bridgehead atoms. The van der Waals surface area contributed by atoms with Gasteiger partial charge < -0.3 is 10.2 Å². The molecular weight excluding hydrogens is 218 g/mol. The minimum Gasteiger partial charge on any atom is -0.358 e. The molecule has 0 aromatic carbocycles. The van der Waals surface area contributed by atoms with Crippen LogP contribution in [0.4, 0.5) is 5.82 Å². The van der Waals surface area contributed by atoms with E-state index in [2.05, 4.69) is 15.3 Å². The molecule has 0 saturated carbocycles. The van der Waals surface area contributed by atoms with E-state index < -0.39 is 0 Å². The second kappa shape index (κ2) is 6.43. The maximum absolute atomic E-state index is 11.3. The summed E-state index contributed by atoms with van der Waals surface area (Å²) in [7, 11) is 1.59. The summed E-state index contributed by atoms with van der Waals surface area (Å²) >= 11 is 0. The molecule has 0 atom stereocenters. The van der Waals surface area contributed by atoms with Gasteiger partial charge in [-0.05, 0) is 6.42 Å². The number of aromatic nitrogens is 2. The van der Waals surface area contributed by atoms with Crippen LogP contribution in [0, 0.1) is 11.3 Å². The van der Waals surface area contributed by atoms with Crippen LogP contribution in [0.1, 0.15) is 19.0 Å². The van der Waals surface area contributed by atoms with Gasteiger partial charge in [0, 0.05) is 13.6 Å². The zero-order chi connectivity index (χ0) is 12.7. The van der Waals surface area contributed by atoms with Crippen LogP contribution >= 0.6 is 0 Å². The molecular formula is C11H15N5O. The van der Waals surface area contributed by atoms with Gasteiger partial charge in [-0.3, -0.25) is 4.79 Å². The van der Waals surface area contributed by atoms with Crippen LogP contribution < -0.4 is 10.2 Å². The predicted molar refractivity (Wildman–Crippen MR) is 63.3 cm³/mol. The zero-order valence-corrected chi connectivity index (χ0v) is 9.97. The summed E-state index contributed by atoms with van der Waals surface area (Å²) in [4.78, 5) is 21.2. The van der Waals surface area contributed by atoms with Gasteiger partial charge in [0.25, 0.3) is 0 Å². The number of amides is 1. The first-order chi connectivity index (χ1) is 8.21. The van der Waals surface area contributed by atoms with Crippen LogP contribution in [0.25, 0.3) is 0 Å². The normalized spacial score (nSPS) is 9.47.